The van der Waals surface area contributed by atoms with Crippen LogP contribution in [0.25, 0.3) is 0 Å². The molecule has 5 nitrogen and oxygen atoms in total. The lowest BCUT2D eigenvalue weighted by Gasteiger charge is -2.15. The van der Waals surface area contributed by atoms with Crippen LogP contribution in [-0.4, -0.2) is 35.0 Å². The summed E-state index contributed by atoms with van der Waals surface area (Å²) in [7, 11) is 1.71. The van der Waals surface area contributed by atoms with E-state index < -0.39 is 0 Å². The Bertz CT molecular complexity index is 327. The highest BCUT2D eigenvalue weighted by atomic mass is 16.5. The first-order chi connectivity index (χ1) is 9.31. The quantitative estimate of drug-likeness (QED) is 0.625. The Morgan fingerprint density at radius 1 is 1.42 bits per heavy atom. The topological polar surface area (TPSA) is 52.0 Å². The number of aromatic nitrogens is 3. The van der Waals surface area contributed by atoms with Crippen LogP contribution in [0.15, 0.2) is 6.33 Å². The van der Waals surface area contributed by atoms with E-state index in [0.717, 1.165) is 32.1 Å². The van der Waals surface area contributed by atoms with Crippen molar-refractivity contribution in [3.05, 3.63) is 12.2 Å². The van der Waals surface area contributed by atoms with Crippen LogP contribution < -0.4 is 5.32 Å². The number of hydrogen-bond acceptors (Lipinski definition) is 4. The van der Waals surface area contributed by atoms with Gasteiger partial charge in [-0.25, -0.2) is 9.67 Å². The fourth-order valence-corrected chi connectivity index (χ4v) is 2.11. The van der Waals surface area contributed by atoms with E-state index in [4.69, 9.17) is 4.74 Å². The van der Waals surface area contributed by atoms with Crippen LogP contribution in [-0.2, 0) is 17.8 Å². The second-order valence-electron chi connectivity index (χ2n) is 4.94. The highest BCUT2D eigenvalue weighted by molar-refractivity contribution is 4.84. The highest BCUT2D eigenvalue weighted by Crippen LogP contribution is 2.15. The van der Waals surface area contributed by atoms with Crippen molar-refractivity contribution < 1.29 is 4.74 Å². The monoisotopic (exact) mass is 268 g/mol. The molecule has 0 radical (unpaired) electrons. The Morgan fingerprint density at radius 3 is 2.95 bits per heavy atom. The van der Waals surface area contributed by atoms with E-state index in [1.165, 1.54) is 25.7 Å². The first kappa shape index (κ1) is 16.1. The molecule has 0 spiro atoms. The van der Waals surface area contributed by atoms with Crippen molar-refractivity contribution in [1.29, 1.82) is 0 Å². The van der Waals surface area contributed by atoms with Crippen molar-refractivity contribution in [2.24, 2.45) is 5.92 Å². The summed E-state index contributed by atoms with van der Waals surface area (Å²) in [5.41, 5.74) is 0. The van der Waals surface area contributed by atoms with E-state index in [-0.39, 0.29) is 0 Å². The Morgan fingerprint density at radius 2 is 2.26 bits per heavy atom. The second kappa shape index (κ2) is 9.92. The van der Waals surface area contributed by atoms with Gasteiger partial charge in [0.25, 0.3) is 0 Å². The van der Waals surface area contributed by atoms with Crippen molar-refractivity contribution in [2.45, 2.75) is 52.6 Å². The van der Waals surface area contributed by atoms with Crippen molar-refractivity contribution >= 4 is 0 Å². The fraction of sp³-hybridized carbons (Fsp3) is 0.857. The number of rotatable bonds is 11. The van der Waals surface area contributed by atoms with Crippen molar-refractivity contribution in [3.63, 3.8) is 0 Å². The van der Waals surface area contributed by atoms with E-state index in [1.807, 2.05) is 4.68 Å². The van der Waals surface area contributed by atoms with E-state index in [2.05, 4.69) is 29.2 Å². The van der Waals surface area contributed by atoms with Crippen molar-refractivity contribution in [2.75, 3.05) is 20.3 Å². The minimum absolute atomic E-state index is 0.708. The Balaban J connectivity index is 2.41. The first-order valence-corrected chi connectivity index (χ1v) is 7.38. The predicted molar refractivity (Wildman–Crippen MR) is 76.9 cm³/mol. The van der Waals surface area contributed by atoms with Crippen LogP contribution in [0.4, 0.5) is 0 Å². The van der Waals surface area contributed by atoms with E-state index in [9.17, 15) is 0 Å². The van der Waals surface area contributed by atoms with Crippen molar-refractivity contribution in [3.8, 4) is 0 Å². The van der Waals surface area contributed by atoms with Crippen LogP contribution in [0.3, 0.4) is 0 Å². The number of methoxy groups -OCH3 is 1. The summed E-state index contributed by atoms with van der Waals surface area (Å²) in [4.78, 5) is 4.33. The maximum Gasteiger partial charge on any atom is 0.140 e. The molecule has 0 amide bonds. The number of unbranched alkanes of at least 4 members (excludes halogenated alkanes) is 1. The molecule has 0 saturated heterocycles. The van der Waals surface area contributed by atoms with E-state index in [1.54, 1.807) is 13.4 Å². The molecule has 0 aliphatic rings. The highest BCUT2D eigenvalue weighted by Gasteiger charge is 2.10. The summed E-state index contributed by atoms with van der Waals surface area (Å²) >= 11 is 0. The standard InChI is InChI=1S/C14H28N4O/c1-4-6-7-13(5-2)11-18-14(16-12-17-18)10-15-8-9-19-3/h12-13,15H,4-11H2,1-3H3. The number of hydrogen-bond donors (Lipinski definition) is 1. The molecule has 1 rings (SSSR count). The number of ether oxygens (including phenoxy) is 1. The number of nitrogens with one attached hydrogen (secondary N) is 1. The summed E-state index contributed by atoms with van der Waals surface area (Å²) in [6, 6.07) is 0. The van der Waals surface area contributed by atoms with Gasteiger partial charge in [-0.1, -0.05) is 33.1 Å². The van der Waals surface area contributed by atoms with Gasteiger partial charge in [0.2, 0.25) is 0 Å². The van der Waals surface area contributed by atoms with Crippen LogP contribution in [0.1, 0.15) is 45.4 Å². The van der Waals surface area contributed by atoms with Crippen LogP contribution in [0, 0.1) is 5.92 Å². The molecule has 1 aromatic rings. The second-order valence-corrected chi connectivity index (χ2v) is 4.94. The van der Waals surface area contributed by atoms with Gasteiger partial charge in [0, 0.05) is 20.2 Å². The molecule has 0 fully saturated rings. The molecule has 1 unspecified atom stereocenters. The van der Waals surface area contributed by atoms with Crippen molar-refractivity contribution in [1.82, 2.24) is 20.1 Å². The lowest BCUT2D eigenvalue weighted by atomic mass is 9.99. The molecule has 0 aliphatic carbocycles. The van der Waals surface area contributed by atoms with Gasteiger partial charge in [-0.15, -0.1) is 0 Å². The SMILES string of the molecule is CCCCC(CC)Cn1ncnc1CNCCOC. The minimum atomic E-state index is 0.708. The summed E-state index contributed by atoms with van der Waals surface area (Å²) < 4.78 is 7.06. The predicted octanol–water partition coefficient (Wildman–Crippen LogP) is 2.23. The lowest BCUT2D eigenvalue weighted by molar-refractivity contribution is 0.198. The number of nitrogens with zero attached hydrogens (tertiary/aromatic N) is 3. The molecule has 1 heterocycles. The molecular weight excluding hydrogens is 240 g/mol. The zero-order valence-electron chi connectivity index (χ0n) is 12.6. The summed E-state index contributed by atoms with van der Waals surface area (Å²) in [6.07, 6.45) is 6.70. The van der Waals surface area contributed by atoms with Crippen LogP contribution >= 0.6 is 0 Å². The van der Waals surface area contributed by atoms with Gasteiger partial charge in [0.15, 0.2) is 0 Å². The van der Waals surface area contributed by atoms with Gasteiger partial charge in [-0.2, -0.15) is 5.10 Å². The molecule has 1 aromatic heterocycles. The van der Waals surface area contributed by atoms with Gasteiger partial charge in [0.1, 0.15) is 12.2 Å². The molecule has 1 N–H and O–H groups in total. The molecule has 0 aromatic carbocycles. The maximum absolute atomic E-state index is 5.01. The summed E-state index contributed by atoms with van der Waals surface area (Å²) in [6.45, 7) is 7.81. The average molecular weight is 268 g/mol. The van der Waals surface area contributed by atoms with Gasteiger partial charge >= 0.3 is 0 Å². The molecule has 0 bridgehead atoms. The molecule has 1 atom stereocenters. The normalized spacial score (nSPS) is 12.8. The third-order valence-electron chi connectivity index (χ3n) is 3.44. The Kier molecular flexibility index (Phi) is 8.41. The third-order valence-corrected chi connectivity index (χ3v) is 3.44. The molecule has 110 valence electrons. The summed E-state index contributed by atoms with van der Waals surface area (Å²) in [5, 5.41) is 7.66. The fourth-order valence-electron chi connectivity index (χ4n) is 2.11. The minimum Gasteiger partial charge on any atom is -0.383 e. The maximum atomic E-state index is 5.01. The first-order valence-electron chi connectivity index (χ1n) is 7.38. The van der Waals surface area contributed by atoms with Gasteiger partial charge < -0.3 is 10.1 Å². The third kappa shape index (κ3) is 6.16. The van der Waals surface area contributed by atoms with Crippen LogP contribution in [0.5, 0.6) is 0 Å². The molecule has 0 saturated carbocycles. The lowest BCUT2D eigenvalue weighted by Crippen LogP contribution is -2.22. The van der Waals surface area contributed by atoms with Gasteiger partial charge in [0.05, 0.1) is 13.2 Å². The van der Waals surface area contributed by atoms with E-state index >= 15 is 0 Å². The van der Waals surface area contributed by atoms with Gasteiger partial charge in [-0.3, -0.25) is 0 Å². The van der Waals surface area contributed by atoms with Crippen LogP contribution in [0.2, 0.25) is 0 Å². The zero-order valence-corrected chi connectivity index (χ0v) is 12.6. The average Bonchev–Trinajstić information content (AvgIpc) is 2.87. The van der Waals surface area contributed by atoms with E-state index in [0.29, 0.717) is 5.92 Å². The largest absolute Gasteiger partial charge is 0.383 e. The molecule has 5 heteroatoms. The summed E-state index contributed by atoms with van der Waals surface area (Å²) in [5.74, 6) is 1.73. The van der Waals surface area contributed by atoms with Gasteiger partial charge in [-0.05, 0) is 12.3 Å². The molecular formula is C14H28N4O. The Labute approximate surface area is 116 Å². The molecule has 19 heavy (non-hydrogen) atoms. The zero-order chi connectivity index (χ0) is 13.9. The Hall–Kier alpha value is -0.940. The molecule has 0 aliphatic heterocycles. The smallest absolute Gasteiger partial charge is 0.140 e.